The molecule has 0 saturated heterocycles. The van der Waals surface area contributed by atoms with Crippen molar-refractivity contribution in [3.8, 4) is 0 Å². The number of aromatic nitrogens is 4. The van der Waals surface area contributed by atoms with Crippen molar-refractivity contribution < 1.29 is 1.37 Å². The maximum absolute atomic E-state index is 7.50. The molecule has 2 aromatic heterocycles. The van der Waals surface area contributed by atoms with Crippen molar-refractivity contribution in [1.29, 1.82) is 0 Å². The zero-order valence-corrected chi connectivity index (χ0v) is 9.99. The molecule has 2 N–H and O–H groups in total. The van der Waals surface area contributed by atoms with Gasteiger partial charge in [-0.25, -0.2) is 4.98 Å². The van der Waals surface area contributed by atoms with Gasteiger partial charge in [-0.05, 0) is 20.3 Å². The Morgan fingerprint density at radius 3 is 2.82 bits per heavy atom. The van der Waals surface area contributed by atoms with E-state index in [1.54, 1.807) is 7.05 Å². The average molecular weight is 231 g/mol. The molecule has 17 heavy (non-hydrogen) atoms. The lowest BCUT2D eigenvalue weighted by Crippen LogP contribution is -2.07. The third-order valence-electron chi connectivity index (χ3n) is 2.48. The minimum Gasteiger partial charge on any atom is -0.377 e. The van der Waals surface area contributed by atoms with E-state index in [0.717, 1.165) is 5.65 Å². The summed E-state index contributed by atoms with van der Waals surface area (Å²) in [5.74, 6) is 1.77. The molecule has 0 amide bonds. The van der Waals surface area contributed by atoms with Gasteiger partial charge in [0.05, 0.1) is 7.85 Å². The summed E-state index contributed by atoms with van der Waals surface area (Å²) in [5, 5.41) is 5.87. The van der Waals surface area contributed by atoms with Crippen molar-refractivity contribution in [2.75, 3.05) is 24.1 Å². The van der Waals surface area contributed by atoms with Gasteiger partial charge >= 0.3 is 0 Å². The Balaban J connectivity index is 2.71. The molecule has 0 saturated carbocycles. The maximum Gasteiger partial charge on any atom is 0.226 e. The number of anilines is 2. The number of nitrogens with one attached hydrogen (secondary N) is 2. The first-order valence-corrected chi connectivity index (χ1v) is 5.43. The Morgan fingerprint density at radius 1 is 1.41 bits per heavy atom. The normalized spacial score (nSPS) is 11.5. The summed E-state index contributed by atoms with van der Waals surface area (Å²) in [7, 11) is 7.24. The van der Waals surface area contributed by atoms with E-state index in [2.05, 4.69) is 25.6 Å². The van der Waals surface area contributed by atoms with Crippen molar-refractivity contribution in [3.05, 3.63) is 5.82 Å². The Morgan fingerprint density at radius 2 is 2.24 bits per heavy atom. The fourth-order valence-corrected chi connectivity index (χ4v) is 1.71. The minimum atomic E-state index is 0.112. The molecule has 2 aromatic rings. The quantitative estimate of drug-likeness (QED) is 0.759. The van der Waals surface area contributed by atoms with Crippen LogP contribution in [-0.2, 0) is 6.54 Å². The Bertz CT molecular complexity index is 555. The summed E-state index contributed by atoms with van der Waals surface area (Å²) in [5.41, 5.74) is 1.37. The van der Waals surface area contributed by atoms with Gasteiger partial charge in [-0.15, -0.1) is 0 Å². The monoisotopic (exact) mass is 231 g/mol. The summed E-state index contributed by atoms with van der Waals surface area (Å²) in [4.78, 5) is 13.1. The van der Waals surface area contributed by atoms with Gasteiger partial charge in [0.15, 0.2) is 17.0 Å². The average Bonchev–Trinajstić information content (AvgIpc) is 2.76. The van der Waals surface area contributed by atoms with Gasteiger partial charge in [0, 0.05) is 15.0 Å². The fourth-order valence-electron chi connectivity index (χ4n) is 1.71. The van der Waals surface area contributed by atoms with Crippen LogP contribution in [0.4, 0.5) is 11.8 Å². The molecule has 0 atom stereocenters. The summed E-state index contributed by atoms with van der Waals surface area (Å²) in [6, 6.07) is 0. The van der Waals surface area contributed by atoms with Crippen molar-refractivity contribution in [3.63, 3.8) is 0 Å². The standard InChI is InChI=1S/C10H15BN6/c1-4-17-6(2)14-7-8(13-5-11)15-10(12-3)16-9(7)17/h4-5H2,1-3H3,(H2,12,13,15,16)/i2D. The third-order valence-corrected chi connectivity index (χ3v) is 2.48. The molecule has 0 bridgehead atoms. The molecule has 2 rings (SSSR count). The number of imidazole rings is 1. The topological polar surface area (TPSA) is 67.7 Å². The molecule has 2 heterocycles. The zero-order valence-electron chi connectivity index (χ0n) is 11.0. The molecular formula is C10H15BN6. The number of hydrogen-bond acceptors (Lipinski definition) is 5. The predicted molar refractivity (Wildman–Crippen MR) is 69.5 cm³/mol. The molecule has 0 fully saturated rings. The molecule has 6 nitrogen and oxygen atoms in total. The molecule has 0 aliphatic rings. The second kappa shape index (κ2) is 4.61. The van der Waals surface area contributed by atoms with Crippen LogP contribution >= 0.6 is 0 Å². The molecule has 7 heteroatoms. The van der Waals surface area contributed by atoms with E-state index in [9.17, 15) is 0 Å². The van der Waals surface area contributed by atoms with Gasteiger partial charge in [-0.3, -0.25) is 0 Å². The summed E-state index contributed by atoms with van der Waals surface area (Å²) >= 11 is 0. The fraction of sp³-hybridized carbons (Fsp3) is 0.500. The summed E-state index contributed by atoms with van der Waals surface area (Å²) in [6.07, 6.45) is 0.268. The van der Waals surface area contributed by atoms with Crippen LogP contribution in [0.15, 0.2) is 0 Å². The van der Waals surface area contributed by atoms with E-state index >= 15 is 0 Å². The number of hydrogen-bond donors (Lipinski definition) is 2. The highest BCUT2D eigenvalue weighted by atomic mass is 15.2. The van der Waals surface area contributed by atoms with E-state index in [4.69, 9.17) is 9.22 Å². The first-order chi connectivity index (χ1) is 8.74. The van der Waals surface area contributed by atoms with Crippen LogP contribution in [0.5, 0.6) is 0 Å². The van der Waals surface area contributed by atoms with Gasteiger partial charge in [0.25, 0.3) is 0 Å². The van der Waals surface area contributed by atoms with E-state index in [0.29, 0.717) is 29.7 Å². The van der Waals surface area contributed by atoms with Gasteiger partial charge in [-0.1, -0.05) is 0 Å². The summed E-state index contributed by atoms with van der Waals surface area (Å²) in [6.45, 7) is 2.82. The van der Waals surface area contributed by atoms with Crippen molar-refractivity contribution in [1.82, 2.24) is 19.5 Å². The van der Waals surface area contributed by atoms with Crippen molar-refractivity contribution >= 4 is 30.8 Å². The highest BCUT2D eigenvalue weighted by Gasteiger charge is 2.14. The highest BCUT2D eigenvalue weighted by molar-refractivity contribution is 6.10. The van der Waals surface area contributed by atoms with Crippen molar-refractivity contribution in [2.45, 2.75) is 20.4 Å². The van der Waals surface area contributed by atoms with Gasteiger partial charge in [0.1, 0.15) is 5.82 Å². The smallest absolute Gasteiger partial charge is 0.226 e. The van der Waals surface area contributed by atoms with Crippen LogP contribution in [0.3, 0.4) is 0 Å². The lowest BCUT2D eigenvalue weighted by molar-refractivity contribution is 0.745. The van der Waals surface area contributed by atoms with E-state index in [1.807, 2.05) is 11.5 Å². The van der Waals surface area contributed by atoms with Crippen LogP contribution in [-0.4, -0.2) is 40.9 Å². The van der Waals surface area contributed by atoms with Crippen molar-refractivity contribution in [2.24, 2.45) is 0 Å². The van der Waals surface area contributed by atoms with E-state index in [1.165, 1.54) is 0 Å². The highest BCUT2D eigenvalue weighted by Crippen LogP contribution is 2.22. The first kappa shape index (κ1) is 10.4. The molecule has 2 radical (unpaired) electrons. The maximum atomic E-state index is 7.50. The lowest BCUT2D eigenvalue weighted by Gasteiger charge is -2.07. The van der Waals surface area contributed by atoms with Gasteiger partial charge < -0.3 is 15.2 Å². The molecule has 0 spiro atoms. The number of fused-ring (bicyclic) bond motifs is 1. The van der Waals surface area contributed by atoms with Crippen LogP contribution in [0.2, 0.25) is 0 Å². The largest absolute Gasteiger partial charge is 0.377 e. The Labute approximate surface area is 103 Å². The molecule has 0 aromatic carbocycles. The third kappa shape index (κ3) is 1.92. The number of nitrogens with zero attached hydrogens (tertiary/aromatic N) is 4. The Hall–Kier alpha value is -1.79. The second-order valence-electron chi connectivity index (χ2n) is 3.47. The van der Waals surface area contributed by atoms with Gasteiger partial charge in [0.2, 0.25) is 5.95 Å². The molecule has 88 valence electrons. The van der Waals surface area contributed by atoms with Crippen LogP contribution in [0, 0.1) is 6.90 Å². The number of aryl methyl sites for hydroxylation is 2. The van der Waals surface area contributed by atoms with E-state index in [-0.39, 0.29) is 13.3 Å². The SMILES string of the molecule is [2H]Cc1nc2c(NC[B])nc(NC)nc2n1CC. The minimum absolute atomic E-state index is 0.112. The first-order valence-electron chi connectivity index (χ1n) is 6.13. The van der Waals surface area contributed by atoms with Crippen LogP contribution in [0.1, 0.15) is 14.1 Å². The van der Waals surface area contributed by atoms with Crippen LogP contribution in [0.25, 0.3) is 11.2 Å². The van der Waals surface area contributed by atoms with Gasteiger partial charge in [-0.2, -0.15) is 9.97 Å². The van der Waals surface area contributed by atoms with E-state index < -0.39 is 0 Å². The molecule has 0 aliphatic carbocycles. The Kier molecular flexibility index (Phi) is 2.81. The molecule has 0 unspecified atom stereocenters. The predicted octanol–water partition coefficient (Wildman–Crippen LogP) is 0.734. The summed E-state index contributed by atoms with van der Waals surface area (Å²) < 4.78 is 9.41. The number of rotatable bonds is 4. The molecular weight excluding hydrogens is 215 g/mol. The zero-order chi connectivity index (χ0) is 13.1. The lowest BCUT2D eigenvalue weighted by atomic mass is 10.2. The van der Waals surface area contributed by atoms with Crippen LogP contribution < -0.4 is 10.6 Å². The second-order valence-corrected chi connectivity index (χ2v) is 3.47. The molecule has 0 aliphatic heterocycles.